The topological polar surface area (TPSA) is 102 Å². The lowest BCUT2D eigenvalue weighted by Gasteiger charge is -2.19. The maximum atomic E-state index is 5.64. The summed E-state index contributed by atoms with van der Waals surface area (Å²) in [5.74, 6) is 1.57. The molecule has 32 heavy (non-hydrogen) atoms. The Balaban J connectivity index is 1.53. The Morgan fingerprint density at radius 3 is 2.31 bits per heavy atom. The van der Waals surface area contributed by atoms with Crippen LogP contribution in [-0.4, -0.2) is 31.5 Å². The summed E-state index contributed by atoms with van der Waals surface area (Å²) in [4.78, 5) is 22.2. The van der Waals surface area contributed by atoms with Crippen molar-refractivity contribution in [2.45, 2.75) is 5.92 Å². The third-order valence-corrected chi connectivity index (χ3v) is 5.25. The summed E-state index contributed by atoms with van der Waals surface area (Å²) in [6.07, 6.45) is 5.10. The summed E-state index contributed by atoms with van der Waals surface area (Å²) in [7, 11) is 0. The van der Waals surface area contributed by atoms with Crippen LogP contribution in [0.2, 0.25) is 0 Å². The third kappa shape index (κ3) is 4.09. The van der Waals surface area contributed by atoms with Crippen LogP contribution in [0.3, 0.4) is 0 Å². The molecule has 3 heterocycles. The monoisotopic (exact) mass is 419 g/mol. The number of hydrogen-bond acceptors (Lipinski definition) is 7. The van der Waals surface area contributed by atoms with Gasteiger partial charge in [0.05, 0.1) is 11.1 Å². The summed E-state index contributed by atoms with van der Waals surface area (Å²) in [5, 5.41) is 4.49. The summed E-state index contributed by atoms with van der Waals surface area (Å²) in [5.41, 5.74) is 9.36. The minimum atomic E-state index is 0.0643. The summed E-state index contributed by atoms with van der Waals surface area (Å²) in [6, 6.07) is 24.3. The number of aromatic nitrogens is 5. The number of rotatable bonds is 6. The minimum absolute atomic E-state index is 0.0643. The second-order valence-electron chi connectivity index (χ2n) is 7.34. The first kappa shape index (κ1) is 19.6. The molecule has 0 aliphatic rings. The predicted molar refractivity (Wildman–Crippen MR) is 126 cm³/mol. The van der Waals surface area contributed by atoms with E-state index < -0.39 is 0 Å². The molecule has 0 saturated carbocycles. The Hall–Kier alpha value is -4.39. The first-order valence-corrected chi connectivity index (χ1v) is 10.3. The SMILES string of the molecule is Nc1ncc(-c2nc(NCC(c3ccccc3)c3ccccn3)c3ccccc3n2)cn1. The number of nitrogen functional groups attached to an aromatic ring is 1. The van der Waals surface area contributed by atoms with Crippen LogP contribution in [0.15, 0.2) is 91.4 Å². The zero-order chi connectivity index (χ0) is 21.8. The van der Waals surface area contributed by atoms with E-state index in [1.165, 1.54) is 5.56 Å². The number of fused-ring (bicyclic) bond motifs is 1. The Kier molecular flexibility index (Phi) is 5.36. The molecule has 2 aromatic carbocycles. The fourth-order valence-corrected chi connectivity index (χ4v) is 3.65. The largest absolute Gasteiger partial charge is 0.368 e. The van der Waals surface area contributed by atoms with Crippen molar-refractivity contribution in [2.75, 3.05) is 17.6 Å². The highest BCUT2D eigenvalue weighted by molar-refractivity contribution is 5.90. The van der Waals surface area contributed by atoms with E-state index in [4.69, 9.17) is 15.7 Å². The van der Waals surface area contributed by atoms with Crippen LogP contribution < -0.4 is 11.1 Å². The van der Waals surface area contributed by atoms with E-state index in [0.717, 1.165) is 22.4 Å². The zero-order valence-electron chi connectivity index (χ0n) is 17.3. The zero-order valence-corrected chi connectivity index (χ0v) is 17.3. The van der Waals surface area contributed by atoms with Gasteiger partial charge < -0.3 is 11.1 Å². The van der Waals surface area contributed by atoms with Gasteiger partial charge in [-0.05, 0) is 29.8 Å². The molecule has 5 rings (SSSR count). The molecule has 0 radical (unpaired) electrons. The van der Waals surface area contributed by atoms with Crippen molar-refractivity contribution in [1.82, 2.24) is 24.9 Å². The van der Waals surface area contributed by atoms with Gasteiger partial charge in [-0.1, -0.05) is 48.5 Å². The summed E-state index contributed by atoms with van der Waals surface area (Å²) < 4.78 is 0. The molecule has 1 unspecified atom stereocenters. The van der Waals surface area contributed by atoms with Crippen LogP contribution in [0.5, 0.6) is 0 Å². The van der Waals surface area contributed by atoms with E-state index in [2.05, 4.69) is 38.5 Å². The Labute approximate surface area is 185 Å². The predicted octanol–water partition coefficient (Wildman–Crippen LogP) is 4.31. The molecule has 0 fully saturated rings. The number of para-hydroxylation sites is 1. The van der Waals surface area contributed by atoms with Crippen molar-refractivity contribution >= 4 is 22.7 Å². The fourth-order valence-electron chi connectivity index (χ4n) is 3.65. The van der Waals surface area contributed by atoms with Gasteiger partial charge in [0.1, 0.15) is 5.82 Å². The van der Waals surface area contributed by atoms with Gasteiger partial charge in [-0.15, -0.1) is 0 Å². The van der Waals surface area contributed by atoms with E-state index >= 15 is 0 Å². The van der Waals surface area contributed by atoms with Crippen molar-refractivity contribution in [3.05, 3.63) is 103 Å². The number of nitrogens with two attached hydrogens (primary N) is 1. The highest BCUT2D eigenvalue weighted by Gasteiger charge is 2.17. The van der Waals surface area contributed by atoms with Gasteiger partial charge in [0.15, 0.2) is 5.82 Å². The smallest absolute Gasteiger partial charge is 0.219 e. The standard InChI is InChI=1S/C25H21N7/c26-25-29-14-18(15-30-25)23-31-22-12-5-4-10-19(22)24(32-23)28-16-20(17-8-2-1-3-9-17)21-11-6-7-13-27-21/h1-15,20H,16H2,(H2,26,29,30)(H,28,31,32). The molecule has 0 saturated heterocycles. The van der Waals surface area contributed by atoms with E-state index in [1.807, 2.05) is 60.8 Å². The molecule has 0 bridgehead atoms. The lowest BCUT2D eigenvalue weighted by molar-refractivity contribution is 0.813. The number of anilines is 2. The lowest BCUT2D eigenvalue weighted by atomic mass is 9.95. The first-order valence-electron chi connectivity index (χ1n) is 10.3. The second-order valence-corrected chi connectivity index (χ2v) is 7.34. The summed E-state index contributed by atoms with van der Waals surface area (Å²) >= 11 is 0. The van der Waals surface area contributed by atoms with Crippen LogP contribution in [0, 0.1) is 0 Å². The Morgan fingerprint density at radius 1 is 0.781 bits per heavy atom. The molecular weight excluding hydrogens is 398 g/mol. The molecule has 0 aliphatic heterocycles. The molecule has 5 aromatic rings. The van der Waals surface area contributed by atoms with E-state index in [-0.39, 0.29) is 11.9 Å². The van der Waals surface area contributed by atoms with Crippen LogP contribution in [-0.2, 0) is 0 Å². The maximum Gasteiger partial charge on any atom is 0.219 e. The second kappa shape index (κ2) is 8.77. The van der Waals surface area contributed by atoms with Crippen LogP contribution in [0.4, 0.5) is 11.8 Å². The highest BCUT2D eigenvalue weighted by Crippen LogP contribution is 2.27. The third-order valence-electron chi connectivity index (χ3n) is 5.25. The van der Waals surface area contributed by atoms with Crippen molar-refractivity contribution in [1.29, 1.82) is 0 Å². The number of pyridine rings is 1. The molecule has 0 spiro atoms. The number of benzene rings is 2. The fraction of sp³-hybridized carbons (Fsp3) is 0.0800. The summed E-state index contributed by atoms with van der Waals surface area (Å²) in [6.45, 7) is 0.625. The Bertz CT molecular complexity index is 1280. The number of hydrogen-bond donors (Lipinski definition) is 2. The van der Waals surface area contributed by atoms with Crippen LogP contribution in [0.25, 0.3) is 22.3 Å². The minimum Gasteiger partial charge on any atom is -0.368 e. The highest BCUT2D eigenvalue weighted by atomic mass is 15.0. The molecule has 7 heteroatoms. The molecule has 0 aliphatic carbocycles. The lowest BCUT2D eigenvalue weighted by Crippen LogP contribution is -2.16. The van der Waals surface area contributed by atoms with Crippen molar-refractivity contribution < 1.29 is 0 Å². The van der Waals surface area contributed by atoms with Crippen molar-refractivity contribution in [3.63, 3.8) is 0 Å². The van der Waals surface area contributed by atoms with E-state index in [1.54, 1.807) is 12.4 Å². The average Bonchev–Trinajstić information content (AvgIpc) is 2.86. The van der Waals surface area contributed by atoms with Crippen molar-refractivity contribution in [3.8, 4) is 11.4 Å². The molecule has 0 amide bonds. The molecule has 1 atom stereocenters. The molecular formula is C25H21N7. The van der Waals surface area contributed by atoms with Gasteiger partial charge in [0.2, 0.25) is 5.95 Å². The van der Waals surface area contributed by atoms with Gasteiger partial charge in [-0.25, -0.2) is 19.9 Å². The quantitative estimate of drug-likeness (QED) is 0.423. The van der Waals surface area contributed by atoms with Crippen LogP contribution >= 0.6 is 0 Å². The van der Waals surface area contributed by atoms with E-state index in [0.29, 0.717) is 17.9 Å². The van der Waals surface area contributed by atoms with E-state index in [9.17, 15) is 0 Å². The van der Waals surface area contributed by atoms with Gasteiger partial charge in [0, 0.05) is 42.1 Å². The normalized spacial score (nSPS) is 11.9. The first-order chi connectivity index (χ1) is 15.8. The molecule has 3 aromatic heterocycles. The Morgan fingerprint density at radius 2 is 1.53 bits per heavy atom. The van der Waals surface area contributed by atoms with Gasteiger partial charge >= 0.3 is 0 Å². The van der Waals surface area contributed by atoms with Gasteiger partial charge in [-0.3, -0.25) is 4.98 Å². The average molecular weight is 419 g/mol. The molecule has 3 N–H and O–H groups in total. The molecule has 7 nitrogen and oxygen atoms in total. The molecule has 156 valence electrons. The number of nitrogens with zero attached hydrogens (tertiary/aromatic N) is 5. The number of nitrogens with one attached hydrogen (secondary N) is 1. The maximum absolute atomic E-state index is 5.64. The van der Waals surface area contributed by atoms with Gasteiger partial charge in [0.25, 0.3) is 0 Å². The van der Waals surface area contributed by atoms with Gasteiger partial charge in [-0.2, -0.15) is 0 Å². The van der Waals surface area contributed by atoms with Crippen molar-refractivity contribution in [2.24, 2.45) is 0 Å². The van der Waals surface area contributed by atoms with Crippen LogP contribution in [0.1, 0.15) is 17.2 Å².